The van der Waals surface area contributed by atoms with E-state index in [-0.39, 0.29) is 5.56 Å². The average Bonchev–Trinajstić information content (AvgIpc) is 2.65. The van der Waals surface area contributed by atoms with Crippen LogP contribution in [0.1, 0.15) is 15.9 Å². The van der Waals surface area contributed by atoms with Gasteiger partial charge in [0.2, 0.25) is 6.20 Å². The number of benzene rings is 1. The van der Waals surface area contributed by atoms with Crippen molar-refractivity contribution in [3.05, 3.63) is 52.3 Å². The lowest BCUT2D eigenvalue weighted by atomic mass is 10.1. The molecule has 0 atom stereocenters. The maximum Gasteiger partial charge on any atom is 0.209 e. The minimum absolute atomic E-state index is 0.196. The second-order valence-corrected chi connectivity index (χ2v) is 4.32. The first-order valence-electron chi connectivity index (χ1n) is 4.69. The molecule has 1 N–H and O–H groups in total. The van der Waals surface area contributed by atoms with E-state index in [1.165, 1.54) is 0 Å². The van der Waals surface area contributed by atoms with Crippen LogP contribution in [0.2, 0.25) is 0 Å². The number of aromatic amines is 1. The number of rotatable bonds is 3. The standard InChI is InChI=1S/C11H9BrN2O2/c12-10-5-13-14(7-10)6-8-1-3-9(4-2-8)11(15)16/h1-5,7H,6H2,(H,15,16). The first kappa shape index (κ1) is 10.9. The van der Waals surface area contributed by atoms with Crippen molar-refractivity contribution in [3.8, 4) is 0 Å². The number of H-pyrrole nitrogens is 1. The summed E-state index contributed by atoms with van der Waals surface area (Å²) in [5.74, 6) is -1.15. The van der Waals surface area contributed by atoms with Crippen LogP contribution >= 0.6 is 15.9 Å². The predicted molar refractivity (Wildman–Crippen MR) is 58.6 cm³/mol. The Kier molecular flexibility index (Phi) is 3.05. The number of hydrogen-bond acceptors (Lipinski definition) is 2. The number of carboxylic acid groups (broad SMARTS) is 1. The largest absolute Gasteiger partial charge is 0.545 e. The van der Waals surface area contributed by atoms with Crippen molar-refractivity contribution in [1.29, 1.82) is 0 Å². The minimum atomic E-state index is -1.15. The second kappa shape index (κ2) is 4.49. The molecule has 0 saturated carbocycles. The smallest absolute Gasteiger partial charge is 0.209 e. The lowest BCUT2D eigenvalue weighted by molar-refractivity contribution is -0.742. The summed E-state index contributed by atoms with van der Waals surface area (Å²) in [5.41, 5.74) is 1.21. The Labute approximate surface area is 101 Å². The van der Waals surface area contributed by atoms with Gasteiger partial charge in [-0.1, -0.05) is 24.3 Å². The fraction of sp³-hybridized carbons (Fsp3) is 0.0909. The van der Waals surface area contributed by atoms with Gasteiger partial charge in [0, 0.05) is 5.56 Å². The molecule has 0 unspecified atom stereocenters. The van der Waals surface area contributed by atoms with E-state index in [1.54, 1.807) is 24.3 Å². The molecule has 0 amide bonds. The lowest BCUT2D eigenvalue weighted by Gasteiger charge is -2.01. The van der Waals surface area contributed by atoms with E-state index in [2.05, 4.69) is 21.0 Å². The van der Waals surface area contributed by atoms with Crippen LogP contribution in [0, 0.1) is 0 Å². The zero-order chi connectivity index (χ0) is 11.5. The molecule has 5 heteroatoms. The van der Waals surface area contributed by atoms with Gasteiger partial charge in [-0.15, -0.1) is 4.68 Å². The summed E-state index contributed by atoms with van der Waals surface area (Å²) < 4.78 is 2.86. The van der Waals surface area contributed by atoms with Gasteiger partial charge in [-0.2, -0.15) is 5.10 Å². The highest BCUT2D eigenvalue weighted by molar-refractivity contribution is 9.10. The van der Waals surface area contributed by atoms with Crippen molar-refractivity contribution in [3.63, 3.8) is 0 Å². The molecular weight excluding hydrogens is 272 g/mol. The Hall–Kier alpha value is -1.62. The van der Waals surface area contributed by atoms with E-state index in [9.17, 15) is 9.90 Å². The molecule has 0 aliphatic rings. The molecule has 0 spiro atoms. The van der Waals surface area contributed by atoms with Crippen LogP contribution in [0.5, 0.6) is 0 Å². The number of nitrogens with zero attached hydrogens (tertiary/aromatic N) is 1. The molecule has 16 heavy (non-hydrogen) atoms. The molecule has 82 valence electrons. The SMILES string of the molecule is O=C([O-])c1ccc(C[n+]2cc(Br)c[nH]2)cc1. The highest BCUT2D eigenvalue weighted by atomic mass is 79.9. The van der Waals surface area contributed by atoms with Gasteiger partial charge in [0.05, 0.1) is 12.2 Å². The lowest BCUT2D eigenvalue weighted by Crippen LogP contribution is -2.35. The summed E-state index contributed by atoms with van der Waals surface area (Å²) in [7, 11) is 0. The fourth-order valence-corrected chi connectivity index (χ4v) is 1.75. The zero-order valence-corrected chi connectivity index (χ0v) is 9.90. The summed E-state index contributed by atoms with van der Waals surface area (Å²) in [6.45, 7) is 0.666. The van der Waals surface area contributed by atoms with Crippen molar-refractivity contribution in [2.45, 2.75) is 6.54 Å². The number of nitrogens with one attached hydrogen (secondary N) is 1. The van der Waals surface area contributed by atoms with E-state index in [0.29, 0.717) is 6.54 Å². The predicted octanol–water partition coefficient (Wildman–Crippen LogP) is 0.476. The first-order chi connectivity index (χ1) is 7.65. The minimum Gasteiger partial charge on any atom is -0.545 e. The molecule has 0 saturated heterocycles. The topological polar surface area (TPSA) is 59.8 Å². The Bertz CT molecular complexity index is 505. The van der Waals surface area contributed by atoms with Gasteiger partial charge in [0.1, 0.15) is 4.47 Å². The number of carbonyl (C=O) groups is 1. The molecule has 4 nitrogen and oxygen atoms in total. The number of aromatic nitrogens is 2. The number of hydrogen-bond donors (Lipinski definition) is 1. The zero-order valence-electron chi connectivity index (χ0n) is 8.31. The van der Waals surface area contributed by atoms with Gasteiger partial charge in [-0.05, 0) is 21.5 Å². The van der Waals surface area contributed by atoms with Gasteiger partial charge in [0.15, 0.2) is 6.54 Å². The fourth-order valence-electron chi connectivity index (χ4n) is 1.40. The normalized spacial score (nSPS) is 10.3. The van der Waals surface area contributed by atoms with Crippen LogP contribution in [0.4, 0.5) is 0 Å². The van der Waals surface area contributed by atoms with Crippen LogP contribution in [-0.2, 0) is 6.54 Å². The molecule has 0 radical (unpaired) electrons. The highest BCUT2D eigenvalue weighted by Gasteiger charge is 2.05. The summed E-state index contributed by atoms with van der Waals surface area (Å²) in [6, 6.07) is 6.63. The number of halogens is 1. The summed E-state index contributed by atoms with van der Waals surface area (Å²) in [6.07, 6.45) is 3.74. The quantitative estimate of drug-likeness (QED) is 0.832. The third-order valence-electron chi connectivity index (χ3n) is 2.19. The van der Waals surface area contributed by atoms with Crippen LogP contribution in [-0.4, -0.2) is 11.1 Å². The molecule has 0 aliphatic carbocycles. The molecule has 2 aromatic rings. The summed E-state index contributed by atoms with van der Waals surface area (Å²) in [4.78, 5) is 10.5. The number of carboxylic acids is 1. The van der Waals surface area contributed by atoms with Crippen molar-refractivity contribution in [1.82, 2.24) is 5.10 Å². The molecule has 1 heterocycles. The Morgan fingerprint density at radius 2 is 2.06 bits per heavy atom. The Morgan fingerprint density at radius 3 is 2.56 bits per heavy atom. The van der Waals surface area contributed by atoms with E-state index >= 15 is 0 Å². The van der Waals surface area contributed by atoms with Gasteiger partial charge < -0.3 is 9.90 Å². The van der Waals surface area contributed by atoms with Crippen LogP contribution in [0.15, 0.2) is 41.1 Å². The third kappa shape index (κ3) is 2.49. The molecular formula is C11H9BrN2O2. The van der Waals surface area contributed by atoms with E-state index in [4.69, 9.17) is 0 Å². The molecule has 1 aromatic heterocycles. The molecule has 0 aliphatic heterocycles. The molecule has 1 aromatic carbocycles. The van der Waals surface area contributed by atoms with Gasteiger partial charge >= 0.3 is 0 Å². The molecule has 0 bridgehead atoms. The van der Waals surface area contributed by atoms with Gasteiger partial charge in [-0.3, -0.25) is 0 Å². The second-order valence-electron chi connectivity index (χ2n) is 3.40. The maximum atomic E-state index is 10.5. The van der Waals surface area contributed by atoms with Gasteiger partial charge in [-0.25, -0.2) is 0 Å². The number of aromatic carboxylic acids is 1. The first-order valence-corrected chi connectivity index (χ1v) is 5.48. The van der Waals surface area contributed by atoms with Crippen molar-refractivity contribution in [2.75, 3.05) is 0 Å². The maximum absolute atomic E-state index is 10.5. The van der Waals surface area contributed by atoms with Crippen molar-refractivity contribution >= 4 is 21.9 Å². The third-order valence-corrected chi connectivity index (χ3v) is 2.62. The summed E-state index contributed by atoms with van der Waals surface area (Å²) in [5, 5.41) is 13.6. The Balaban J connectivity index is 2.14. The van der Waals surface area contributed by atoms with Gasteiger partial charge in [0.25, 0.3) is 0 Å². The molecule has 0 fully saturated rings. The van der Waals surface area contributed by atoms with Crippen molar-refractivity contribution in [2.24, 2.45) is 0 Å². The Morgan fingerprint density at radius 1 is 1.38 bits per heavy atom. The molecule has 2 rings (SSSR count). The highest BCUT2D eigenvalue weighted by Crippen LogP contribution is 2.05. The number of carbonyl (C=O) groups excluding carboxylic acids is 1. The van der Waals surface area contributed by atoms with Crippen LogP contribution in [0.3, 0.4) is 0 Å². The monoisotopic (exact) mass is 280 g/mol. The van der Waals surface area contributed by atoms with E-state index in [0.717, 1.165) is 10.0 Å². The van der Waals surface area contributed by atoms with E-state index < -0.39 is 5.97 Å². The van der Waals surface area contributed by atoms with E-state index in [1.807, 2.05) is 17.1 Å². The average molecular weight is 281 g/mol. The van der Waals surface area contributed by atoms with Crippen LogP contribution < -0.4 is 9.79 Å². The van der Waals surface area contributed by atoms with Crippen molar-refractivity contribution < 1.29 is 14.6 Å². The summed E-state index contributed by atoms with van der Waals surface area (Å²) >= 11 is 3.34. The van der Waals surface area contributed by atoms with Crippen LogP contribution in [0.25, 0.3) is 0 Å².